The monoisotopic (exact) mass is 262 g/mol. The van der Waals surface area contributed by atoms with Gasteiger partial charge in [0.05, 0.1) is 17.3 Å². The zero-order valence-electron chi connectivity index (χ0n) is 11.6. The second-order valence-electron chi connectivity index (χ2n) is 5.53. The van der Waals surface area contributed by atoms with Gasteiger partial charge in [-0.2, -0.15) is 5.26 Å². The third-order valence-corrected chi connectivity index (χ3v) is 3.89. The molecule has 0 heterocycles. The Kier molecular flexibility index (Phi) is 3.43. The Labute approximate surface area is 120 Å². The summed E-state index contributed by atoms with van der Waals surface area (Å²) in [7, 11) is 0. The molecule has 2 heteroatoms. The zero-order chi connectivity index (χ0) is 13.9. The standard InChI is InChI=1S/C18H18N2/c1-13-6-8-14(9-7-13)18(15-10-11-15)20-17-5-3-2-4-16(17)12-19/h2-9,15,18,20H,10-11H2,1H3. The highest BCUT2D eigenvalue weighted by Gasteiger charge is 2.32. The van der Waals surface area contributed by atoms with Crippen molar-refractivity contribution in [3.05, 3.63) is 65.2 Å². The summed E-state index contributed by atoms with van der Waals surface area (Å²) >= 11 is 0. The van der Waals surface area contributed by atoms with Crippen LogP contribution in [0.3, 0.4) is 0 Å². The Morgan fingerprint density at radius 1 is 1.10 bits per heavy atom. The van der Waals surface area contributed by atoms with Gasteiger partial charge in [-0.1, -0.05) is 42.0 Å². The van der Waals surface area contributed by atoms with Gasteiger partial charge in [-0.05, 0) is 43.4 Å². The maximum absolute atomic E-state index is 9.20. The fourth-order valence-electron chi connectivity index (χ4n) is 2.55. The lowest BCUT2D eigenvalue weighted by molar-refractivity contribution is 0.678. The number of para-hydroxylation sites is 1. The molecule has 0 radical (unpaired) electrons. The summed E-state index contributed by atoms with van der Waals surface area (Å²) in [4.78, 5) is 0. The number of rotatable bonds is 4. The molecule has 0 amide bonds. The average molecular weight is 262 g/mol. The number of benzene rings is 2. The molecule has 2 aromatic rings. The van der Waals surface area contributed by atoms with Gasteiger partial charge in [0, 0.05) is 0 Å². The number of hydrogen-bond acceptors (Lipinski definition) is 2. The Hall–Kier alpha value is -2.27. The fraction of sp³-hybridized carbons (Fsp3) is 0.278. The predicted molar refractivity (Wildman–Crippen MR) is 81.4 cm³/mol. The second kappa shape index (κ2) is 5.38. The highest BCUT2D eigenvalue weighted by Crippen LogP contribution is 2.43. The van der Waals surface area contributed by atoms with Crippen molar-refractivity contribution in [1.82, 2.24) is 0 Å². The molecule has 1 aliphatic carbocycles. The number of nitriles is 1. The first kappa shape index (κ1) is 12.7. The largest absolute Gasteiger partial charge is 0.377 e. The molecular formula is C18H18N2. The molecule has 0 saturated heterocycles. The second-order valence-corrected chi connectivity index (χ2v) is 5.53. The summed E-state index contributed by atoms with van der Waals surface area (Å²) in [5.41, 5.74) is 4.24. The van der Waals surface area contributed by atoms with Gasteiger partial charge >= 0.3 is 0 Å². The quantitative estimate of drug-likeness (QED) is 0.884. The number of nitrogens with zero attached hydrogens (tertiary/aromatic N) is 1. The molecule has 100 valence electrons. The van der Waals surface area contributed by atoms with Crippen LogP contribution in [0.15, 0.2) is 48.5 Å². The molecule has 1 unspecified atom stereocenters. The van der Waals surface area contributed by atoms with Crippen molar-refractivity contribution < 1.29 is 0 Å². The van der Waals surface area contributed by atoms with E-state index in [1.54, 1.807) is 0 Å². The van der Waals surface area contributed by atoms with Crippen molar-refractivity contribution in [2.75, 3.05) is 5.32 Å². The maximum Gasteiger partial charge on any atom is 0.101 e. The first-order valence-electron chi connectivity index (χ1n) is 7.10. The molecular weight excluding hydrogens is 244 g/mol. The predicted octanol–water partition coefficient (Wildman–Crippen LogP) is 4.43. The van der Waals surface area contributed by atoms with E-state index >= 15 is 0 Å². The van der Waals surface area contributed by atoms with Crippen molar-refractivity contribution in [3.8, 4) is 6.07 Å². The van der Waals surface area contributed by atoms with Gasteiger partial charge in [0.1, 0.15) is 6.07 Å². The molecule has 0 spiro atoms. The molecule has 1 N–H and O–H groups in total. The molecule has 2 aromatic carbocycles. The third kappa shape index (κ3) is 2.67. The summed E-state index contributed by atoms with van der Waals surface area (Å²) in [6.45, 7) is 2.11. The minimum absolute atomic E-state index is 0.310. The topological polar surface area (TPSA) is 35.8 Å². The van der Waals surface area contributed by atoms with E-state index in [1.165, 1.54) is 24.0 Å². The van der Waals surface area contributed by atoms with Crippen molar-refractivity contribution in [2.24, 2.45) is 5.92 Å². The SMILES string of the molecule is Cc1ccc(C(Nc2ccccc2C#N)C2CC2)cc1. The maximum atomic E-state index is 9.20. The molecule has 3 rings (SSSR count). The summed E-state index contributed by atoms with van der Waals surface area (Å²) in [5, 5.41) is 12.8. The Bertz CT molecular complexity index is 633. The molecule has 0 aromatic heterocycles. The normalized spacial score (nSPS) is 15.4. The van der Waals surface area contributed by atoms with E-state index < -0.39 is 0 Å². The van der Waals surface area contributed by atoms with Crippen LogP contribution in [-0.4, -0.2) is 0 Å². The van der Waals surface area contributed by atoms with Crippen LogP contribution in [0.1, 0.15) is 35.6 Å². The van der Waals surface area contributed by atoms with E-state index in [4.69, 9.17) is 0 Å². The Morgan fingerprint density at radius 2 is 1.80 bits per heavy atom. The van der Waals surface area contributed by atoms with Gasteiger partial charge < -0.3 is 5.32 Å². The average Bonchev–Trinajstić information content (AvgIpc) is 3.31. The molecule has 2 nitrogen and oxygen atoms in total. The van der Waals surface area contributed by atoms with E-state index in [1.807, 2.05) is 24.3 Å². The first-order chi connectivity index (χ1) is 9.78. The molecule has 0 bridgehead atoms. The van der Waals surface area contributed by atoms with E-state index in [2.05, 4.69) is 42.6 Å². The van der Waals surface area contributed by atoms with E-state index in [-0.39, 0.29) is 0 Å². The molecule has 1 fully saturated rings. The summed E-state index contributed by atoms with van der Waals surface area (Å²) in [5.74, 6) is 0.685. The molecule has 0 aliphatic heterocycles. The highest BCUT2D eigenvalue weighted by molar-refractivity contribution is 5.58. The summed E-state index contributed by atoms with van der Waals surface area (Å²) < 4.78 is 0. The van der Waals surface area contributed by atoms with Gasteiger partial charge in [0.15, 0.2) is 0 Å². The number of aryl methyl sites for hydroxylation is 1. The van der Waals surface area contributed by atoms with Crippen LogP contribution < -0.4 is 5.32 Å². The first-order valence-corrected chi connectivity index (χ1v) is 7.10. The van der Waals surface area contributed by atoms with Gasteiger partial charge in [-0.3, -0.25) is 0 Å². The Morgan fingerprint density at radius 3 is 2.45 bits per heavy atom. The number of nitrogens with one attached hydrogen (secondary N) is 1. The smallest absolute Gasteiger partial charge is 0.101 e. The summed E-state index contributed by atoms with van der Waals surface area (Å²) in [6, 6.07) is 19.0. The minimum atomic E-state index is 0.310. The van der Waals surface area contributed by atoms with Crippen LogP contribution in [-0.2, 0) is 0 Å². The van der Waals surface area contributed by atoms with Gasteiger partial charge in [0.25, 0.3) is 0 Å². The molecule has 1 saturated carbocycles. The molecule has 20 heavy (non-hydrogen) atoms. The van der Waals surface area contributed by atoms with Crippen LogP contribution in [0.4, 0.5) is 5.69 Å². The van der Waals surface area contributed by atoms with Crippen LogP contribution >= 0.6 is 0 Å². The third-order valence-electron chi connectivity index (χ3n) is 3.89. The Balaban J connectivity index is 1.88. The van der Waals surface area contributed by atoms with Gasteiger partial charge in [-0.25, -0.2) is 0 Å². The number of hydrogen-bond donors (Lipinski definition) is 1. The van der Waals surface area contributed by atoms with Crippen LogP contribution in [0, 0.1) is 24.2 Å². The van der Waals surface area contributed by atoms with Crippen molar-refractivity contribution >= 4 is 5.69 Å². The highest BCUT2D eigenvalue weighted by atomic mass is 14.9. The molecule has 1 atom stereocenters. The molecule has 1 aliphatic rings. The fourth-order valence-corrected chi connectivity index (χ4v) is 2.55. The van der Waals surface area contributed by atoms with E-state index in [0.717, 1.165) is 5.69 Å². The van der Waals surface area contributed by atoms with E-state index in [0.29, 0.717) is 17.5 Å². The van der Waals surface area contributed by atoms with Gasteiger partial charge in [-0.15, -0.1) is 0 Å². The van der Waals surface area contributed by atoms with Crippen LogP contribution in [0.25, 0.3) is 0 Å². The number of anilines is 1. The lowest BCUT2D eigenvalue weighted by Crippen LogP contribution is -2.13. The van der Waals surface area contributed by atoms with Crippen LogP contribution in [0.5, 0.6) is 0 Å². The van der Waals surface area contributed by atoms with Crippen LogP contribution in [0.2, 0.25) is 0 Å². The zero-order valence-corrected chi connectivity index (χ0v) is 11.6. The lowest BCUT2D eigenvalue weighted by Gasteiger charge is -2.21. The van der Waals surface area contributed by atoms with Gasteiger partial charge in [0.2, 0.25) is 0 Å². The lowest BCUT2D eigenvalue weighted by atomic mass is 10.00. The van der Waals surface area contributed by atoms with Crippen molar-refractivity contribution in [1.29, 1.82) is 5.26 Å². The van der Waals surface area contributed by atoms with Crippen molar-refractivity contribution in [3.63, 3.8) is 0 Å². The summed E-state index contributed by atoms with van der Waals surface area (Å²) in [6.07, 6.45) is 2.53. The van der Waals surface area contributed by atoms with Crippen molar-refractivity contribution in [2.45, 2.75) is 25.8 Å². The minimum Gasteiger partial charge on any atom is -0.377 e. The van der Waals surface area contributed by atoms with E-state index in [9.17, 15) is 5.26 Å².